The Morgan fingerprint density at radius 3 is 2.63 bits per heavy atom. The van der Waals surface area contributed by atoms with Crippen molar-refractivity contribution in [3.8, 4) is 0 Å². The number of imidazole rings is 1. The Kier molecular flexibility index (Phi) is 2.60. The van der Waals surface area contributed by atoms with Crippen molar-refractivity contribution in [2.24, 2.45) is 14.1 Å². The molecule has 2 N–H and O–H groups in total. The second-order valence-electron chi connectivity index (χ2n) is 5.19. The molecule has 2 heterocycles. The summed E-state index contributed by atoms with van der Waals surface area (Å²) in [6, 6.07) is 0. The van der Waals surface area contributed by atoms with Gasteiger partial charge in [-0.05, 0) is 19.3 Å². The Hall–Kier alpha value is -1.89. The third-order valence-corrected chi connectivity index (χ3v) is 3.90. The van der Waals surface area contributed by atoms with Crippen molar-refractivity contribution in [2.75, 3.05) is 0 Å². The lowest BCUT2D eigenvalue weighted by Crippen LogP contribution is -2.36. The van der Waals surface area contributed by atoms with Gasteiger partial charge in [0.1, 0.15) is 11.3 Å². The van der Waals surface area contributed by atoms with Gasteiger partial charge in [0.05, 0.1) is 6.10 Å². The van der Waals surface area contributed by atoms with Crippen molar-refractivity contribution in [1.82, 2.24) is 19.1 Å². The van der Waals surface area contributed by atoms with Crippen LogP contribution < -0.4 is 11.2 Å². The van der Waals surface area contributed by atoms with Gasteiger partial charge in [-0.15, -0.1) is 0 Å². The number of nitrogens with one attached hydrogen (secondary N) is 1. The minimum atomic E-state index is -0.387. The van der Waals surface area contributed by atoms with Gasteiger partial charge in [-0.1, -0.05) is 0 Å². The van der Waals surface area contributed by atoms with E-state index in [2.05, 4.69) is 9.97 Å². The predicted octanol–water partition coefficient (Wildman–Crippen LogP) is -0.411. The Morgan fingerprint density at radius 1 is 1.26 bits per heavy atom. The minimum absolute atomic E-state index is 0.127. The third-order valence-electron chi connectivity index (χ3n) is 3.90. The van der Waals surface area contributed by atoms with Crippen LogP contribution in [0.15, 0.2) is 9.59 Å². The van der Waals surface area contributed by atoms with Gasteiger partial charge in [0, 0.05) is 20.0 Å². The monoisotopic (exact) mass is 264 g/mol. The maximum Gasteiger partial charge on any atom is 0.332 e. The number of rotatable bonds is 1. The van der Waals surface area contributed by atoms with E-state index >= 15 is 0 Å². The number of aliphatic hydroxyl groups excluding tert-OH is 1. The zero-order valence-corrected chi connectivity index (χ0v) is 10.9. The Bertz CT molecular complexity index is 755. The van der Waals surface area contributed by atoms with Crippen LogP contribution in [-0.4, -0.2) is 30.3 Å². The Labute approximate surface area is 108 Å². The Balaban J connectivity index is 2.21. The lowest BCUT2D eigenvalue weighted by Gasteiger charge is -2.03. The summed E-state index contributed by atoms with van der Waals surface area (Å²) < 4.78 is 2.43. The highest BCUT2D eigenvalue weighted by atomic mass is 16.3. The summed E-state index contributed by atoms with van der Waals surface area (Å²) in [6.07, 6.45) is 1.94. The van der Waals surface area contributed by atoms with Crippen LogP contribution in [0.25, 0.3) is 11.2 Å². The molecule has 19 heavy (non-hydrogen) atoms. The second kappa shape index (κ2) is 4.06. The molecule has 0 amide bonds. The molecule has 1 aliphatic carbocycles. The van der Waals surface area contributed by atoms with Gasteiger partial charge in [0.15, 0.2) is 5.65 Å². The van der Waals surface area contributed by atoms with E-state index in [1.165, 1.54) is 11.6 Å². The molecule has 7 heteroatoms. The molecule has 102 valence electrons. The predicted molar refractivity (Wildman–Crippen MR) is 69.2 cm³/mol. The molecule has 0 saturated heterocycles. The number of fused-ring (bicyclic) bond motifs is 1. The van der Waals surface area contributed by atoms with Crippen LogP contribution in [0.1, 0.15) is 31.0 Å². The topological polar surface area (TPSA) is 92.9 Å². The minimum Gasteiger partial charge on any atom is -0.393 e. The molecule has 3 rings (SSSR count). The normalized spacial score (nSPS) is 23.3. The molecule has 2 aromatic heterocycles. The van der Waals surface area contributed by atoms with Crippen LogP contribution in [0, 0.1) is 0 Å². The highest BCUT2D eigenvalue weighted by Crippen LogP contribution is 2.33. The van der Waals surface area contributed by atoms with Crippen LogP contribution in [0.5, 0.6) is 0 Å². The highest BCUT2D eigenvalue weighted by Gasteiger charge is 2.27. The van der Waals surface area contributed by atoms with Gasteiger partial charge < -0.3 is 10.1 Å². The lowest BCUT2D eigenvalue weighted by molar-refractivity contribution is 0.181. The largest absolute Gasteiger partial charge is 0.393 e. The van der Waals surface area contributed by atoms with E-state index < -0.39 is 0 Å². The molecule has 2 atom stereocenters. The van der Waals surface area contributed by atoms with E-state index in [1.807, 2.05) is 0 Å². The zero-order chi connectivity index (χ0) is 13.7. The van der Waals surface area contributed by atoms with Crippen molar-refractivity contribution >= 4 is 11.2 Å². The molecular weight excluding hydrogens is 248 g/mol. The molecule has 0 spiro atoms. The maximum atomic E-state index is 12.0. The number of aliphatic hydroxyl groups is 1. The first-order valence-corrected chi connectivity index (χ1v) is 6.32. The first kappa shape index (κ1) is 12.2. The summed E-state index contributed by atoms with van der Waals surface area (Å²) in [5.74, 6) is 0.812. The maximum absolute atomic E-state index is 12.0. The van der Waals surface area contributed by atoms with Crippen LogP contribution in [0.3, 0.4) is 0 Å². The summed E-state index contributed by atoms with van der Waals surface area (Å²) in [5.41, 5.74) is -0.0251. The van der Waals surface area contributed by atoms with E-state index in [0.717, 1.165) is 17.4 Å². The Morgan fingerprint density at radius 2 is 2.00 bits per heavy atom. The van der Waals surface area contributed by atoms with Gasteiger partial charge in [-0.25, -0.2) is 9.78 Å². The van der Waals surface area contributed by atoms with Gasteiger partial charge in [-0.2, -0.15) is 0 Å². The van der Waals surface area contributed by atoms with Crippen molar-refractivity contribution in [1.29, 1.82) is 0 Å². The first-order valence-electron chi connectivity index (χ1n) is 6.32. The average Bonchev–Trinajstić information content (AvgIpc) is 3.00. The van der Waals surface area contributed by atoms with E-state index in [-0.39, 0.29) is 23.3 Å². The summed E-state index contributed by atoms with van der Waals surface area (Å²) in [5, 5.41) is 9.57. The fraction of sp³-hybridized carbons (Fsp3) is 0.583. The molecule has 1 aliphatic rings. The van der Waals surface area contributed by atoms with Crippen LogP contribution in [0.4, 0.5) is 0 Å². The fourth-order valence-corrected chi connectivity index (χ4v) is 2.74. The van der Waals surface area contributed by atoms with Gasteiger partial charge in [0.25, 0.3) is 5.56 Å². The summed E-state index contributed by atoms with van der Waals surface area (Å²) >= 11 is 0. The quantitative estimate of drug-likeness (QED) is 0.732. The van der Waals surface area contributed by atoms with E-state index in [0.29, 0.717) is 23.4 Å². The molecule has 0 radical (unpaired) electrons. The van der Waals surface area contributed by atoms with Crippen molar-refractivity contribution in [2.45, 2.75) is 31.3 Å². The summed E-state index contributed by atoms with van der Waals surface area (Å²) in [6.45, 7) is 0. The molecule has 1 fully saturated rings. The summed E-state index contributed by atoms with van der Waals surface area (Å²) in [4.78, 5) is 31.2. The first-order chi connectivity index (χ1) is 8.99. The summed E-state index contributed by atoms with van der Waals surface area (Å²) in [7, 11) is 3.04. The zero-order valence-electron chi connectivity index (χ0n) is 10.9. The van der Waals surface area contributed by atoms with Crippen molar-refractivity contribution in [3.05, 3.63) is 26.7 Å². The molecule has 7 nitrogen and oxygen atoms in total. The molecule has 2 aromatic rings. The van der Waals surface area contributed by atoms with Gasteiger partial charge in [-0.3, -0.25) is 13.9 Å². The third kappa shape index (κ3) is 1.73. The van der Waals surface area contributed by atoms with Gasteiger partial charge >= 0.3 is 5.69 Å². The van der Waals surface area contributed by atoms with Gasteiger partial charge in [0.2, 0.25) is 0 Å². The van der Waals surface area contributed by atoms with Crippen LogP contribution in [0.2, 0.25) is 0 Å². The average molecular weight is 264 g/mol. The highest BCUT2D eigenvalue weighted by molar-refractivity contribution is 5.69. The number of aromatic nitrogens is 4. The SMILES string of the molecule is Cn1c(=O)c2[nH]c([C@@H]3CC[C@@H](O)C3)nc2n(C)c1=O. The number of aromatic amines is 1. The molecule has 0 unspecified atom stereocenters. The lowest BCUT2D eigenvalue weighted by atomic mass is 10.1. The molecule has 0 aliphatic heterocycles. The van der Waals surface area contributed by atoms with E-state index in [4.69, 9.17) is 0 Å². The van der Waals surface area contributed by atoms with Crippen LogP contribution >= 0.6 is 0 Å². The molecule has 0 bridgehead atoms. The van der Waals surface area contributed by atoms with Crippen molar-refractivity contribution in [3.63, 3.8) is 0 Å². The molecule has 1 saturated carbocycles. The molecule has 0 aromatic carbocycles. The van der Waals surface area contributed by atoms with Crippen molar-refractivity contribution < 1.29 is 5.11 Å². The van der Waals surface area contributed by atoms with E-state index in [1.54, 1.807) is 7.05 Å². The number of nitrogens with zero attached hydrogens (tertiary/aromatic N) is 3. The van der Waals surface area contributed by atoms with E-state index in [9.17, 15) is 14.7 Å². The number of hydrogen-bond donors (Lipinski definition) is 2. The number of aryl methyl sites for hydroxylation is 1. The molecular formula is C12H16N4O3. The number of hydrogen-bond acceptors (Lipinski definition) is 4. The standard InChI is InChI=1S/C12H16N4O3/c1-15-10-8(11(18)16(2)12(15)19)13-9(14-10)6-3-4-7(17)5-6/h6-7,17H,3-5H2,1-2H3,(H,13,14)/t6-,7-/m1/s1. The van der Waals surface area contributed by atoms with Crippen LogP contribution in [-0.2, 0) is 14.1 Å². The fourth-order valence-electron chi connectivity index (χ4n) is 2.74. The smallest absolute Gasteiger partial charge is 0.332 e. The second-order valence-corrected chi connectivity index (χ2v) is 5.19. The number of H-pyrrole nitrogens is 1.